The number of rotatable bonds is 3. The maximum Gasteiger partial charge on any atom is 0.242 e. The van der Waals surface area contributed by atoms with Gasteiger partial charge in [-0.25, -0.2) is 4.98 Å². The van der Waals surface area contributed by atoms with Crippen LogP contribution in [0.5, 0.6) is 0 Å². The fourth-order valence-electron chi connectivity index (χ4n) is 3.53. The third-order valence-corrected chi connectivity index (χ3v) is 4.81. The largest absolute Gasteiger partial charge is 0.359 e. The molecule has 6 nitrogen and oxygen atoms in total. The van der Waals surface area contributed by atoms with Crippen molar-refractivity contribution in [1.82, 2.24) is 19.8 Å². The number of fused-ring (bicyclic) bond motifs is 1. The molecule has 120 valence electrons. The van der Waals surface area contributed by atoms with Gasteiger partial charge in [0, 0.05) is 25.8 Å². The number of piperidine rings is 1. The first-order valence-corrected chi connectivity index (χ1v) is 8.21. The summed E-state index contributed by atoms with van der Waals surface area (Å²) in [6.45, 7) is 1.64. The number of nitrogens with zero attached hydrogens (tertiary/aromatic N) is 3. The van der Waals surface area contributed by atoms with Crippen LogP contribution in [0.15, 0.2) is 6.33 Å². The van der Waals surface area contributed by atoms with Gasteiger partial charge in [0.15, 0.2) is 0 Å². The Balaban J connectivity index is 1.64. The SMILES string of the molecule is CNC(=O)C1CCCN(C(=O)Cn2cnc3c2CCCC3)C1. The Bertz CT molecular complexity index is 566. The van der Waals surface area contributed by atoms with Crippen molar-refractivity contribution in [2.45, 2.75) is 45.1 Å². The second-order valence-electron chi connectivity index (χ2n) is 6.27. The molecule has 1 aromatic rings. The number of amides is 2. The van der Waals surface area contributed by atoms with Crippen LogP contribution >= 0.6 is 0 Å². The monoisotopic (exact) mass is 304 g/mol. The summed E-state index contributed by atoms with van der Waals surface area (Å²) in [7, 11) is 1.65. The minimum Gasteiger partial charge on any atom is -0.359 e. The van der Waals surface area contributed by atoms with E-state index in [1.807, 2.05) is 9.47 Å². The van der Waals surface area contributed by atoms with E-state index in [9.17, 15) is 9.59 Å². The second-order valence-corrected chi connectivity index (χ2v) is 6.27. The predicted octanol–water partition coefficient (Wildman–Crippen LogP) is 0.746. The average molecular weight is 304 g/mol. The van der Waals surface area contributed by atoms with Gasteiger partial charge in [-0.1, -0.05) is 0 Å². The van der Waals surface area contributed by atoms with Gasteiger partial charge in [-0.3, -0.25) is 9.59 Å². The van der Waals surface area contributed by atoms with E-state index >= 15 is 0 Å². The summed E-state index contributed by atoms with van der Waals surface area (Å²) < 4.78 is 2.00. The van der Waals surface area contributed by atoms with Crippen LogP contribution in [-0.2, 0) is 29.0 Å². The standard InChI is InChI=1S/C16H24N4O2/c1-17-16(22)12-5-4-8-19(9-12)15(21)10-20-11-18-13-6-2-3-7-14(13)20/h11-12H,2-10H2,1H3,(H,17,22). The summed E-state index contributed by atoms with van der Waals surface area (Å²) in [4.78, 5) is 30.6. The number of hydrogen-bond acceptors (Lipinski definition) is 3. The molecule has 6 heteroatoms. The molecule has 1 atom stereocenters. The maximum atomic E-state index is 12.6. The highest BCUT2D eigenvalue weighted by Gasteiger charge is 2.28. The van der Waals surface area contributed by atoms with Crippen molar-refractivity contribution in [3.05, 3.63) is 17.7 Å². The number of hydrogen-bond donors (Lipinski definition) is 1. The molecule has 22 heavy (non-hydrogen) atoms. The Morgan fingerprint density at radius 1 is 1.32 bits per heavy atom. The lowest BCUT2D eigenvalue weighted by atomic mass is 9.97. The van der Waals surface area contributed by atoms with Crippen LogP contribution in [0.1, 0.15) is 37.1 Å². The van der Waals surface area contributed by atoms with Gasteiger partial charge in [-0.15, -0.1) is 0 Å². The van der Waals surface area contributed by atoms with Crippen molar-refractivity contribution in [1.29, 1.82) is 0 Å². The van der Waals surface area contributed by atoms with Gasteiger partial charge in [0.05, 0.1) is 17.9 Å². The third-order valence-electron chi connectivity index (χ3n) is 4.81. The van der Waals surface area contributed by atoms with Crippen LogP contribution in [0.3, 0.4) is 0 Å². The first kappa shape index (κ1) is 15.1. The van der Waals surface area contributed by atoms with Crippen LogP contribution in [0.2, 0.25) is 0 Å². The number of aryl methyl sites for hydroxylation is 1. The lowest BCUT2D eigenvalue weighted by molar-refractivity contribution is -0.136. The lowest BCUT2D eigenvalue weighted by Crippen LogP contribution is -2.45. The first-order valence-electron chi connectivity index (χ1n) is 8.21. The van der Waals surface area contributed by atoms with Crippen LogP contribution in [0, 0.1) is 5.92 Å². The fraction of sp³-hybridized carbons (Fsp3) is 0.688. The number of imidazole rings is 1. The highest BCUT2D eigenvalue weighted by molar-refractivity contribution is 5.81. The number of likely N-dealkylation sites (tertiary alicyclic amines) is 1. The normalized spacial score (nSPS) is 21.3. The Labute approximate surface area is 130 Å². The zero-order valence-electron chi connectivity index (χ0n) is 13.2. The molecular formula is C16H24N4O2. The summed E-state index contributed by atoms with van der Waals surface area (Å²) >= 11 is 0. The summed E-state index contributed by atoms with van der Waals surface area (Å²) in [6, 6.07) is 0. The summed E-state index contributed by atoms with van der Waals surface area (Å²) in [5.41, 5.74) is 2.38. The van der Waals surface area contributed by atoms with E-state index in [2.05, 4.69) is 10.3 Å². The Kier molecular flexibility index (Phi) is 4.45. The molecule has 0 saturated carbocycles. The Morgan fingerprint density at radius 2 is 2.14 bits per heavy atom. The van der Waals surface area contributed by atoms with E-state index in [4.69, 9.17) is 0 Å². The predicted molar refractivity (Wildman–Crippen MR) is 82.2 cm³/mol. The van der Waals surface area contributed by atoms with Crippen molar-refractivity contribution in [2.75, 3.05) is 20.1 Å². The van der Waals surface area contributed by atoms with Crippen molar-refractivity contribution in [2.24, 2.45) is 5.92 Å². The van der Waals surface area contributed by atoms with Crippen LogP contribution < -0.4 is 5.32 Å². The van der Waals surface area contributed by atoms with Gasteiger partial charge in [0.2, 0.25) is 11.8 Å². The zero-order chi connectivity index (χ0) is 15.5. The molecule has 2 aliphatic rings. The molecule has 3 rings (SSSR count). The van der Waals surface area contributed by atoms with Crippen molar-refractivity contribution in [3.8, 4) is 0 Å². The number of carbonyl (C=O) groups is 2. The van der Waals surface area contributed by atoms with E-state index in [-0.39, 0.29) is 17.7 Å². The van der Waals surface area contributed by atoms with E-state index in [1.54, 1.807) is 13.4 Å². The van der Waals surface area contributed by atoms with Crippen LogP contribution in [0.25, 0.3) is 0 Å². The summed E-state index contributed by atoms with van der Waals surface area (Å²) in [6.07, 6.45) is 7.97. The molecule has 0 aromatic carbocycles. The molecule has 0 bridgehead atoms. The van der Waals surface area contributed by atoms with Crippen molar-refractivity contribution < 1.29 is 9.59 Å². The zero-order valence-corrected chi connectivity index (χ0v) is 13.2. The van der Waals surface area contributed by atoms with Crippen LogP contribution in [0.4, 0.5) is 0 Å². The molecule has 1 aliphatic carbocycles. The van der Waals surface area contributed by atoms with Crippen molar-refractivity contribution >= 4 is 11.8 Å². The highest BCUT2D eigenvalue weighted by Crippen LogP contribution is 2.21. The van der Waals surface area contributed by atoms with Crippen LogP contribution in [-0.4, -0.2) is 46.4 Å². The summed E-state index contributed by atoms with van der Waals surface area (Å²) in [5, 5.41) is 2.69. The van der Waals surface area contributed by atoms with E-state index in [0.717, 1.165) is 37.9 Å². The molecule has 1 N–H and O–H groups in total. The highest BCUT2D eigenvalue weighted by atomic mass is 16.2. The quantitative estimate of drug-likeness (QED) is 0.896. The van der Waals surface area contributed by atoms with Gasteiger partial charge >= 0.3 is 0 Å². The number of aromatic nitrogens is 2. The molecule has 0 spiro atoms. The molecule has 1 fully saturated rings. The third kappa shape index (κ3) is 3.00. The molecular weight excluding hydrogens is 280 g/mol. The van der Waals surface area contributed by atoms with Gasteiger partial charge in [-0.05, 0) is 38.5 Å². The van der Waals surface area contributed by atoms with Gasteiger partial charge in [0.25, 0.3) is 0 Å². The Morgan fingerprint density at radius 3 is 2.95 bits per heavy atom. The lowest BCUT2D eigenvalue weighted by Gasteiger charge is -2.32. The van der Waals surface area contributed by atoms with E-state index in [0.29, 0.717) is 13.1 Å². The minimum atomic E-state index is -0.0700. The minimum absolute atomic E-state index is 0.0394. The van der Waals surface area contributed by atoms with E-state index < -0.39 is 0 Å². The molecule has 2 amide bonds. The maximum absolute atomic E-state index is 12.6. The number of nitrogens with one attached hydrogen (secondary N) is 1. The fourth-order valence-corrected chi connectivity index (χ4v) is 3.53. The van der Waals surface area contributed by atoms with Gasteiger partial charge < -0.3 is 14.8 Å². The van der Waals surface area contributed by atoms with Gasteiger partial charge in [-0.2, -0.15) is 0 Å². The van der Waals surface area contributed by atoms with E-state index in [1.165, 1.54) is 18.5 Å². The van der Waals surface area contributed by atoms with Crippen molar-refractivity contribution in [3.63, 3.8) is 0 Å². The smallest absolute Gasteiger partial charge is 0.242 e. The topological polar surface area (TPSA) is 67.2 Å². The molecule has 1 saturated heterocycles. The molecule has 1 aliphatic heterocycles. The molecule has 1 unspecified atom stereocenters. The Hall–Kier alpha value is -1.85. The average Bonchev–Trinajstić information content (AvgIpc) is 2.97. The molecule has 2 heterocycles. The second kappa shape index (κ2) is 6.50. The number of carbonyl (C=O) groups excluding carboxylic acids is 2. The van der Waals surface area contributed by atoms with Gasteiger partial charge in [0.1, 0.15) is 6.54 Å². The molecule has 0 radical (unpaired) electrons. The summed E-state index contributed by atoms with van der Waals surface area (Å²) in [5.74, 6) is 0.0660. The molecule has 1 aromatic heterocycles. The first-order chi connectivity index (χ1) is 10.7.